The van der Waals surface area contributed by atoms with Crippen LogP contribution in [0.1, 0.15) is 10.4 Å². The third-order valence-electron chi connectivity index (χ3n) is 2.73. The van der Waals surface area contributed by atoms with Crippen LogP contribution < -0.4 is 10.3 Å². The lowest BCUT2D eigenvalue weighted by molar-refractivity contribution is 0.0694. The fourth-order valence-electron chi connectivity index (χ4n) is 1.77. The Morgan fingerprint density at radius 3 is 2.70 bits per heavy atom. The average molecular weight is 295 g/mol. The second-order valence-electron chi connectivity index (χ2n) is 4.02. The lowest BCUT2D eigenvalue weighted by atomic mass is 10.1. The highest BCUT2D eigenvalue weighted by Crippen LogP contribution is 2.31. The van der Waals surface area contributed by atoms with Crippen molar-refractivity contribution in [1.82, 2.24) is 9.78 Å². The molecule has 0 atom stereocenters. The van der Waals surface area contributed by atoms with Gasteiger partial charge in [0, 0.05) is 17.6 Å². The van der Waals surface area contributed by atoms with Gasteiger partial charge in [-0.2, -0.15) is 5.10 Å². The molecule has 0 aliphatic heterocycles. The number of nitrogens with zero attached hydrogens (tertiary/aromatic N) is 2. The molecule has 20 heavy (non-hydrogen) atoms. The number of hydrogen-bond acceptors (Lipinski definition) is 4. The summed E-state index contributed by atoms with van der Waals surface area (Å²) in [5.41, 5.74) is -0.233. The molecule has 1 N–H and O–H groups in total. The molecule has 0 fully saturated rings. The summed E-state index contributed by atoms with van der Waals surface area (Å²) in [5.74, 6) is -0.827. The summed E-state index contributed by atoms with van der Waals surface area (Å²) in [6, 6.07) is 6.09. The zero-order valence-corrected chi connectivity index (χ0v) is 11.5. The van der Waals surface area contributed by atoms with Crippen LogP contribution in [0.5, 0.6) is 5.75 Å². The molecule has 0 aliphatic carbocycles. The van der Waals surface area contributed by atoms with E-state index in [9.17, 15) is 9.59 Å². The maximum Gasteiger partial charge on any atom is 0.341 e. The molecule has 7 heteroatoms. The lowest BCUT2D eigenvalue weighted by Crippen LogP contribution is -2.26. The number of hydrogen-bond donors (Lipinski definition) is 1. The molecule has 0 unspecified atom stereocenters. The third-order valence-corrected chi connectivity index (χ3v) is 2.97. The molecule has 2 rings (SSSR count). The minimum atomic E-state index is -1.31. The summed E-state index contributed by atoms with van der Waals surface area (Å²) in [7, 11) is 2.86. The SMILES string of the molecule is COc1ccc(Cl)cc1-c1cc(C(=O)O)c(=O)n(C)n1. The summed E-state index contributed by atoms with van der Waals surface area (Å²) in [4.78, 5) is 22.8. The van der Waals surface area contributed by atoms with E-state index < -0.39 is 11.5 Å². The van der Waals surface area contributed by atoms with Gasteiger partial charge in [-0.1, -0.05) is 11.6 Å². The number of rotatable bonds is 3. The number of carboxylic acid groups (broad SMARTS) is 1. The highest BCUT2D eigenvalue weighted by atomic mass is 35.5. The first kappa shape index (κ1) is 14.1. The van der Waals surface area contributed by atoms with E-state index in [1.54, 1.807) is 18.2 Å². The van der Waals surface area contributed by atoms with Gasteiger partial charge in [-0.15, -0.1) is 0 Å². The van der Waals surface area contributed by atoms with E-state index >= 15 is 0 Å². The lowest BCUT2D eigenvalue weighted by Gasteiger charge is -2.10. The number of carbonyl (C=O) groups is 1. The molecule has 0 amide bonds. The van der Waals surface area contributed by atoms with Crippen LogP contribution in [-0.4, -0.2) is 28.0 Å². The number of ether oxygens (including phenoxy) is 1. The van der Waals surface area contributed by atoms with E-state index in [0.29, 0.717) is 22.0 Å². The summed E-state index contributed by atoms with van der Waals surface area (Å²) >= 11 is 5.93. The van der Waals surface area contributed by atoms with Gasteiger partial charge >= 0.3 is 5.97 Å². The van der Waals surface area contributed by atoms with Crippen molar-refractivity contribution in [2.75, 3.05) is 7.11 Å². The zero-order valence-electron chi connectivity index (χ0n) is 10.8. The minimum absolute atomic E-state index is 0.295. The Labute approximate surface area is 119 Å². The highest BCUT2D eigenvalue weighted by Gasteiger charge is 2.16. The third kappa shape index (κ3) is 2.50. The van der Waals surface area contributed by atoms with E-state index in [1.807, 2.05) is 0 Å². The monoisotopic (exact) mass is 294 g/mol. The van der Waals surface area contributed by atoms with Crippen LogP contribution in [0, 0.1) is 0 Å². The quantitative estimate of drug-likeness (QED) is 0.933. The van der Waals surface area contributed by atoms with Gasteiger partial charge in [-0.05, 0) is 24.3 Å². The number of carboxylic acids is 1. The molecule has 1 aromatic carbocycles. The smallest absolute Gasteiger partial charge is 0.341 e. The Balaban J connectivity index is 2.73. The van der Waals surface area contributed by atoms with E-state index in [0.717, 1.165) is 4.68 Å². The van der Waals surface area contributed by atoms with Crippen molar-refractivity contribution in [2.45, 2.75) is 0 Å². The van der Waals surface area contributed by atoms with E-state index in [2.05, 4.69) is 5.10 Å². The molecular weight excluding hydrogens is 284 g/mol. The van der Waals surface area contributed by atoms with Gasteiger partial charge in [-0.25, -0.2) is 9.48 Å². The molecule has 2 aromatic rings. The number of aromatic nitrogens is 2. The van der Waals surface area contributed by atoms with Crippen LogP contribution in [0.15, 0.2) is 29.1 Å². The average Bonchev–Trinajstić information content (AvgIpc) is 2.41. The van der Waals surface area contributed by atoms with Gasteiger partial charge in [0.25, 0.3) is 5.56 Å². The summed E-state index contributed by atoms with van der Waals surface area (Å²) in [6.45, 7) is 0. The van der Waals surface area contributed by atoms with Crippen LogP contribution >= 0.6 is 11.6 Å². The fraction of sp³-hybridized carbons (Fsp3) is 0.154. The Kier molecular flexibility index (Phi) is 3.76. The molecule has 1 aromatic heterocycles. The predicted molar refractivity (Wildman–Crippen MR) is 73.4 cm³/mol. The summed E-state index contributed by atoms with van der Waals surface area (Å²) in [5, 5.41) is 13.5. The summed E-state index contributed by atoms with van der Waals surface area (Å²) in [6.07, 6.45) is 0. The van der Waals surface area contributed by atoms with Gasteiger partial charge in [0.15, 0.2) is 0 Å². The standard InChI is InChI=1S/C13H11ClN2O4/c1-16-12(17)9(13(18)19)6-10(15-16)8-5-7(14)3-4-11(8)20-2/h3-6H,1-2H3,(H,18,19). The fourth-order valence-corrected chi connectivity index (χ4v) is 1.95. The van der Waals surface area contributed by atoms with Crippen LogP contribution in [0.2, 0.25) is 5.02 Å². The van der Waals surface area contributed by atoms with Crippen LogP contribution in [0.3, 0.4) is 0 Å². The Morgan fingerprint density at radius 2 is 2.10 bits per heavy atom. The first-order valence-electron chi connectivity index (χ1n) is 5.59. The van der Waals surface area contributed by atoms with Crippen molar-refractivity contribution in [3.05, 3.63) is 45.2 Å². The van der Waals surface area contributed by atoms with Crippen LogP contribution in [0.25, 0.3) is 11.3 Å². The Hall–Kier alpha value is -2.34. The highest BCUT2D eigenvalue weighted by molar-refractivity contribution is 6.31. The van der Waals surface area contributed by atoms with Gasteiger partial charge in [0.2, 0.25) is 0 Å². The number of methoxy groups -OCH3 is 1. The molecule has 0 spiro atoms. The van der Waals surface area contributed by atoms with Crippen molar-refractivity contribution in [3.63, 3.8) is 0 Å². The molecule has 0 aliphatic rings. The number of benzene rings is 1. The molecule has 1 heterocycles. The molecule has 104 valence electrons. The van der Waals surface area contributed by atoms with Crippen molar-refractivity contribution < 1.29 is 14.6 Å². The van der Waals surface area contributed by atoms with Crippen LogP contribution in [0.4, 0.5) is 0 Å². The van der Waals surface area contributed by atoms with Gasteiger partial charge in [-0.3, -0.25) is 4.79 Å². The Bertz CT molecular complexity index is 740. The van der Waals surface area contributed by atoms with Crippen molar-refractivity contribution in [1.29, 1.82) is 0 Å². The predicted octanol–water partition coefficient (Wildman–Crippen LogP) is 1.81. The molecule has 0 saturated heterocycles. The van der Waals surface area contributed by atoms with Gasteiger partial charge in [0.05, 0.1) is 12.8 Å². The molecule has 0 radical (unpaired) electrons. The van der Waals surface area contributed by atoms with E-state index in [1.165, 1.54) is 20.2 Å². The maximum atomic E-state index is 11.7. The van der Waals surface area contributed by atoms with Crippen LogP contribution in [-0.2, 0) is 7.05 Å². The number of halogens is 1. The van der Waals surface area contributed by atoms with Crippen molar-refractivity contribution in [3.8, 4) is 17.0 Å². The molecule has 0 bridgehead atoms. The maximum absolute atomic E-state index is 11.7. The molecule has 0 saturated carbocycles. The van der Waals surface area contributed by atoms with Crippen molar-refractivity contribution >= 4 is 17.6 Å². The van der Waals surface area contributed by atoms with Gasteiger partial charge < -0.3 is 9.84 Å². The molecular formula is C13H11ClN2O4. The second kappa shape index (κ2) is 5.34. The number of aryl methyl sites for hydroxylation is 1. The Morgan fingerprint density at radius 1 is 1.40 bits per heavy atom. The largest absolute Gasteiger partial charge is 0.496 e. The van der Waals surface area contributed by atoms with Crippen molar-refractivity contribution in [2.24, 2.45) is 7.05 Å². The second-order valence-corrected chi connectivity index (χ2v) is 4.46. The molecule has 6 nitrogen and oxygen atoms in total. The van der Waals surface area contributed by atoms with Gasteiger partial charge in [0.1, 0.15) is 11.3 Å². The topological polar surface area (TPSA) is 81.4 Å². The normalized spacial score (nSPS) is 10.3. The minimum Gasteiger partial charge on any atom is -0.496 e. The zero-order chi connectivity index (χ0) is 14.9. The van der Waals surface area contributed by atoms with E-state index in [-0.39, 0.29) is 5.56 Å². The number of aromatic carboxylic acids is 1. The first-order chi connectivity index (χ1) is 9.43. The summed E-state index contributed by atoms with van der Waals surface area (Å²) < 4.78 is 6.16. The first-order valence-corrected chi connectivity index (χ1v) is 5.97. The van der Waals surface area contributed by atoms with E-state index in [4.69, 9.17) is 21.4 Å².